The van der Waals surface area contributed by atoms with Crippen molar-refractivity contribution in [1.82, 2.24) is 10.6 Å². The summed E-state index contributed by atoms with van der Waals surface area (Å²) in [5.74, 6) is -5.28. The van der Waals surface area contributed by atoms with E-state index in [1.807, 2.05) is 0 Å². The topological polar surface area (TPSA) is 163 Å². The molecule has 0 heterocycles. The molecule has 6 rings (SSSR count). The third kappa shape index (κ3) is 11.1. The number of nitrogens with two attached hydrogens (primary N) is 2. The van der Waals surface area contributed by atoms with Crippen molar-refractivity contribution in [1.29, 1.82) is 0 Å². The zero-order chi connectivity index (χ0) is 49.4. The van der Waals surface area contributed by atoms with Gasteiger partial charge in [-0.25, -0.2) is 0 Å². The number of rotatable bonds is 18. The number of hydrogen-bond donors (Lipinski definition) is 4. The van der Waals surface area contributed by atoms with Gasteiger partial charge in [-0.3, -0.25) is 0 Å². The van der Waals surface area contributed by atoms with Gasteiger partial charge < -0.3 is 0 Å². The second-order valence-electron chi connectivity index (χ2n) is 15.5. The third-order valence-corrected chi connectivity index (χ3v) is 23.2. The summed E-state index contributed by atoms with van der Waals surface area (Å²) in [6, 6.07) is 51.3. The number of nitrogens with one attached hydrogen (secondary N) is 2. The third-order valence-electron chi connectivity index (χ3n) is 11.4. The number of amides is 2. The normalized spacial score (nSPS) is 12.9. The maximum atomic E-state index is 13.7. The first kappa shape index (κ1) is 52.5. The summed E-state index contributed by atoms with van der Waals surface area (Å²) < 4.78 is 93.9. The monoisotopic (exact) mass is 980 g/mol. The van der Waals surface area contributed by atoms with E-state index >= 15 is 0 Å². The predicted octanol–water partition coefficient (Wildman–Crippen LogP) is 6.00. The molecular weight excluding hydrogens is 929 g/mol. The number of alkyl halides is 6. The summed E-state index contributed by atoms with van der Waals surface area (Å²) in [7, 11) is 0. The molecule has 6 aromatic carbocycles. The van der Waals surface area contributed by atoms with Gasteiger partial charge in [0.15, 0.2) is 0 Å². The molecule has 0 saturated heterocycles. The fourth-order valence-electron chi connectivity index (χ4n) is 8.37. The van der Waals surface area contributed by atoms with Gasteiger partial charge in [-0.05, 0) is 0 Å². The van der Waals surface area contributed by atoms with E-state index in [2.05, 4.69) is 10.6 Å². The van der Waals surface area contributed by atoms with Crippen molar-refractivity contribution in [3.05, 3.63) is 182 Å². The van der Waals surface area contributed by atoms with E-state index in [1.165, 1.54) is 0 Å². The van der Waals surface area contributed by atoms with Crippen molar-refractivity contribution >= 4 is 69.2 Å². The molecule has 0 aromatic heterocycles. The van der Waals surface area contributed by atoms with Gasteiger partial charge in [0.05, 0.1) is 0 Å². The van der Waals surface area contributed by atoms with Crippen molar-refractivity contribution < 1.29 is 54.6 Å². The molecule has 0 bridgehead atoms. The number of carbonyl (C=O) groups excluding carboxylic acids is 4. The van der Waals surface area contributed by atoms with Crippen LogP contribution in [0, 0.1) is 0 Å². The first-order valence-corrected chi connectivity index (χ1v) is 26.1. The van der Waals surface area contributed by atoms with Gasteiger partial charge in [-0.15, -0.1) is 0 Å². The Bertz CT molecular complexity index is 2200. The fraction of sp³-hybridized carbons (Fsp3) is 0.200. The van der Waals surface area contributed by atoms with E-state index in [0.717, 1.165) is 0 Å². The van der Waals surface area contributed by atoms with Gasteiger partial charge in [0, 0.05) is 0 Å². The Labute approximate surface area is 390 Å². The molecule has 68 heavy (non-hydrogen) atoms. The summed E-state index contributed by atoms with van der Waals surface area (Å²) in [5.41, 5.74) is 10.7. The molecule has 6 aromatic rings. The van der Waals surface area contributed by atoms with Gasteiger partial charge in [-0.2, -0.15) is 0 Å². The molecule has 0 fully saturated rings. The minimum atomic E-state index is -5.20. The number of benzene rings is 6. The average Bonchev–Trinajstić information content (AvgIpc) is 3.37. The molecule has 0 aliphatic rings. The van der Waals surface area contributed by atoms with Crippen molar-refractivity contribution in [3.63, 3.8) is 0 Å². The van der Waals surface area contributed by atoms with Gasteiger partial charge in [0.2, 0.25) is 0 Å². The first-order valence-electron chi connectivity index (χ1n) is 21.4. The Morgan fingerprint density at radius 3 is 0.779 bits per heavy atom. The SMILES string of the molecule is NCC(=O)NCCCP(OC(=O)C(F)(F)F)(c1ccccc1)(c1ccccc1)c1ccccc1.NCC(=O)NCCCP(OC(=O)C(F)(F)F)(c1ccccc1)(c1ccccc1)c1ccccc1. The van der Waals surface area contributed by atoms with E-state index in [4.69, 9.17) is 20.5 Å². The summed E-state index contributed by atoms with van der Waals surface area (Å²) in [6.45, 7) is -9.11. The van der Waals surface area contributed by atoms with Crippen molar-refractivity contribution in [2.45, 2.75) is 25.2 Å². The van der Waals surface area contributed by atoms with Crippen LogP contribution in [0.1, 0.15) is 12.8 Å². The van der Waals surface area contributed by atoms with Crippen LogP contribution in [-0.2, 0) is 28.2 Å². The predicted molar refractivity (Wildman–Crippen MR) is 258 cm³/mol. The molecule has 0 radical (unpaired) electrons. The molecule has 0 unspecified atom stereocenters. The maximum absolute atomic E-state index is 13.7. The summed E-state index contributed by atoms with van der Waals surface area (Å²) in [4.78, 5) is 48.5. The molecule has 10 nitrogen and oxygen atoms in total. The number of carbonyl (C=O) groups is 4. The van der Waals surface area contributed by atoms with Crippen molar-refractivity contribution in [3.8, 4) is 0 Å². The van der Waals surface area contributed by atoms with E-state index in [0.29, 0.717) is 31.8 Å². The molecule has 360 valence electrons. The number of hydrogen-bond acceptors (Lipinski definition) is 8. The summed E-state index contributed by atoms with van der Waals surface area (Å²) >= 11 is 0. The molecule has 6 N–H and O–H groups in total. The Morgan fingerprint density at radius 2 is 0.603 bits per heavy atom. The summed E-state index contributed by atoms with van der Waals surface area (Å²) in [5, 5.41) is 8.19. The fourth-order valence-corrected chi connectivity index (χ4v) is 19.8. The van der Waals surface area contributed by atoms with Crippen LogP contribution < -0.4 is 53.9 Å². The first-order chi connectivity index (χ1) is 32.5. The van der Waals surface area contributed by atoms with Crippen LogP contribution in [0.3, 0.4) is 0 Å². The van der Waals surface area contributed by atoms with Crippen LogP contribution in [0.15, 0.2) is 182 Å². The van der Waals surface area contributed by atoms with Crippen LogP contribution in [0.25, 0.3) is 0 Å². The van der Waals surface area contributed by atoms with Gasteiger partial charge in [0.25, 0.3) is 0 Å². The Kier molecular flexibility index (Phi) is 17.4. The van der Waals surface area contributed by atoms with Crippen LogP contribution >= 0.6 is 13.7 Å². The van der Waals surface area contributed by atoms with Gasteiger partial charge >= 0.3 is 392 Å². The molecule has 0 atom stereocenters. The molecule has 0 saturated carbocycles. The standard InChI is InChI=1S/2C25H26F3N2O3P/c2*26-25(27,28)24(32)33-34(20-11-4-1-5-12-20,21-13-6-2-7-14-21,22-15-8-3-9-16-22)18-10-17-30-23(31)19-29/h2*1-9,11-16H,10,17-19,29H2,(H,30,31). The van der Waals surface area contributed by atoms with Crippen LogP contribution in [-0.4, -0.2) is 74.6 Å². The second kappa shape index (κ2) is 22.6. The van der Waals surface area contributed by atoms with E-state index in [1.54, 1.807) is 182 Å². The van der Waals surface area contributed by atoms with E-state index in [-0.39, 0.29) is 63.2 Å². The molecule has 0 spiro atoms. The Balaban J connectivity index is 0.000000254. The van der Waals surface area contributed by atoms with Crippen molar-refractivity contribution in [2.24, 2.45) is 11.5 Å². The average molecular weight is 981 g/mol. The van der Waals surface area contributed by atoms with Gasteiger partial charge in [-0.1, -0.05) is 0 Å². The number of halogens is 6. The van der Waals surface area contributed by atoms with Gasteiger partial charge in [0.1, 0.15) is 0 Å². The van der Waals surface area contributed by atoms with Crippen LogP contribution in [0.5, 0.6) is 0 Å². The zero-order valence-corrected chi connectivity index (χ0v) is 38.5. The molecule has 0 aliphatic carbocycles. The van der Waals surface area contributed by atoms with E-state index < -0.39 is 38.0 Å². The molecule has 2 amide bonds. The summed E-state index contributed by atoms with van der Waals surface area (Å²) in [6.07, 6.45) is -9.81. The quantitative estimate of drug-likeness (QED) is 0.0463. The van der Waals surface area contributed by atoms with Crippen LogP contribution in [0.2, 0.25) is 0 Å². The zero-order valence-electron chi connectivity index (χ0n) is 36.7. The molecule has 18 heteroatoms. The Hall–Kier alpha value is -6.44. The molecular formula is C50H52F6N4O6P2. The second-order valence-corrected chi connectivity index (χ2v) is 24.7. The Morgan fingerprint density at radius 1 is 0.397 bits per heavy atom. The minimum absolute atomic E-state index is 0.0519. The van der Waals surface area contributed by atoms with E-state index in [9.17, 15) is 45.5 Å². The molecule has 0 aliphatic heterocycles. The van der Waals surface area contributed by atoms with Crippen molar-refractivity contribution in [2.75, 3.05) is 38.5 Å². The van der Waals surface area contributed by atoms with Crippen LogP contribution in [0.4, 0.5) is 26.3 Å².